The molecule has 0 bridgehead atoms. The number of H-pyrrole nitrogens is 1. The van der Waals surface area contributed by atoms with Gasteiger partial charge >= 0.3 is 6.18 Å². The Kier molecular flexibility index (Phi) is 4.13. The van der Waals surface area contributed by atoms with E-state index in [0.29, 0.717) is 17.0 Å². The molecule has 0 aliphatic rings. The van der Waals surface area contributed by atoms with Crippen LogP contribution in [0.2, 0.25) is 0 Å². The Morgan fingerprint density at radius 3 is 2.53 bits per heavy atom. The van der Waals surface area contributed by atoms with Gasteiger partial charge < -0.3 is 5.32 Å². The second kappa shape index (κ2) is 6.84. The van der Waals surface area contributed by atoms with Crippen LogP contribution in [0.25, 0.3) is 32.9 Å². The zero-order valence-corrected chi connectivity index (χ0v) is 15.4. The molecule has 0 atom stereocenters. The van der Waals surface area contributed by atoms with Crippen molar-refractivity contribution in [1.82, 2.24) is 20.2 Å². The number of hydrogen-bond acceptors (Lipinski definition) is 4. The third kappa shape index (κ3) is 3.12. The van der Waals surface area contributed by atoms with Gasteiger partial charge in [-0.3, -0.25) is 10.1 Å². The van der Waals surface area contributed by atoms with E-state index in [-0.39, 0.29) is 11.3 Å². The molecule has 2 N–H and O–H groups in total. The number of aromatic nitrogens is 4. The standard InChI is InChI=1S/C22H14F3N5/c23-22(24,25)17-7-3-1-5-15(17)19-11-13-12-26-10-9-14(13)20(27-19)28-21-16-6-2-4-8-18(16)29-30-21/h1-12H,(H2,27,28,29,30). The first-order valence-electron chi connectivity index (χ1n) is 9.12. The van der Waals surface area contributed by atoms with E-state index in [4.69, 9.17) is 0 Å². The monoisotopic (exact) mass is 405 g/mol. The number of rotatable bonds is 3. The van der Waals surface area contributed by atoms with E-state index in [1.807, 2.05) is 24.3 Å². The van der Waals surface area contributed by atoms with E-state index in [1.165, 1.54) is 12.1 Å². The van der Waals surface area contributed by atoms with Gasteiger partial charge in [0.05, 0.1) is 16.8 Å². The van der Waals surface area contributed by atoms with E-state index in [0.717, 1.165) is 22.4 Å². The number of para-hydroxylation sites is 1. The fraction of sp³-hybridized carbons (Fsp3) is 0.0455. The molecule has 5 nitrogen and oxygen atoms in total. The first-order chi connectivity index (χ1) is 14.5. The average Bonchev–Trinajstić information content (AvgIpc) is 3.16. The van der Waals surface area contributed by atoms with Gasteiger partial charge in [-0.15, -0.1) is 0 Å². The quantitative estimate of drug-likeness (QED) is 0.390. The van der Waals surface area contributed by atoms with E-state index in [9.17, 15) is 13.2 Å². The van der Waals surface area contributed by atoms with Crippen LogP contribution < -0.4 is 5.32 Å². The SMILES string of the molecule is FC(F)(F)c1ccccc1-c1cc2cnccc2c(Nc2n[nH]c3ccccc23)n1. The number of alkyl halides is 3. The maximum atomic E-state index is 13.6. The van der Waals surface area contributed by atoms with Gasteiger partial charge in [-0.1, -0.05) is 30.3 Å². The molecule has 148 valence electrons. The van der Waals surface area contributed by atoms with Gasteiger partial charge in [0.2, 0.25) is 0 Å². The number of fused-ring (bicyclic) bond motifs is 2. The third-order valence-electron chi connectivity index (χ3n) is 4.85. The third-order valence-corrected chi connectivity index (χ3v) is 4.85. The summed E-state index contributed by atoms with van der Waals surface area (Å²) in [7, 11) is 0. The van der Waals surface area contributed by atoms with E-state index in [1.54, 1.807) is 30.6 Å². The summed E-state index contributed by atoms with van der Waals surface area (Å²) in [4.78, 5) is 8.64. The Morgan fingerprint density at radius 2 is 1.67 bits per heavy atom. The van der Waals surface area contributed by atoms with Gasteiger partial charge in [0.25, 0.3) is 0 Å². The molecule has 0 unspecified atom stereocenters. The molecule has 3 heterocycles. The Hall–Kier alpha value is -3.94. The molecular formula is C22H14F3N5. The number of nitrogens with zero attached hydrogens (tertiary/aromatic N) is 3. The summed E-state index contributed by atoms with van der Waals surface area (Å²) in [6.07, 6.45) is -1.28. The lowest BCUT2D eigenvalue weighted by Gasteiger charge is -2.14. The maximum absolute atomic E-state index is 13.6. The molecule has 0 aliphatic carbocycles. The summed E-state index contributed by atoms with van der Waals surface area (Å²) in [5.74, 6) is 0.941. The molecule has 0 fully saturated rings. The normalized spacial score (nSPS) is 11.8. The molecular weight excluding hydrogens is 391 g/mol. The van der Waals surface area contributed by atoms with Crippen molar-refractivity contribution in [3.8, 4) is 11.3 Å². The second-order valence-corrected chi connectivity index (χ2v) is 6.74. The van der Waals surface area contributed by atoms with Crippen LogP contribution in [0.5, 0.6) is 0 Å². The van der Waals surface area contributed by atoms with Crippen molar-refractivity contribution in [2.24, 2.45) is 0 Å². The molecule has 2 aromatic carbocycles. The number of anilines is 2. The highest BCUT2D eigenvalue weighted by molar-refractivity contribution is 5.98. The summed E-state index contributed by atoms with van der Waals surface area (Å²) in [6, 6.07) is 16.3. The van der Waals surface area contributed by atoms with Crippen molar-refractivity contribution in [2.45, 2.75) is 6.18 Å². The minimum atomic E-state index is -4.49. The maximum Gasteiger partial charge on any atom is 0.417 e. The topological polar surface area (TPSA) is 66.5 Å². The van der Waals surface area contributed by atoms with Crippen LogP contribution in [0, 0.1) is 0 Å². The highest BCUT2D eigenvalue weighted by Crippen LogP contribution is 2.38. The molecule has 0 amide bonds. The van der Waals surface area contributed by atoms with Gasteiger partial charge in [-0.05, 0) is 30.3 Å². The summed E-state index contributed by atoms with van der Waals surface area (Å²) in [5, 5.41) is 12.6. The molecule has 5 aromatic rings. The van der Waals surface area contributed by atoms with Crippen LogP contribution in [-0.2, 0) is 6.18 Å². The number of nitrogens with one attached hydrogen (secondary N) is 2. The number of pyridine rings is 2. The van der Waals surface area contributed by atoms with E-state index < -0.39 is 11.7 Å². The van der Waals surface area contributed by atoms with Gasteiger partial charge in [-0.25, -0.2) is 4.98 Å². The number of halogens is 3. The molecule has 0 spiro atoms. The molecule has 3 aromatic heterocycles. The van der Waals surface area contributed by atoms with Gasteiger partial charge in [-0.2, -0.15) is 18.3 Å². The van der Waals surface area contributed by atoms with Crippen molar-refractivity contribution >= 4 is 33.3 Å². The first-order valence-corrected chi connectivity index (χ1v) is 9.12. The predicted molar refractivity (Wildman–Crippen MR) is 109 cm³/mol. The van der Waals surface area contributed by atoms with Crippen molar-refractivity contribution < 1.29 is 13.2 Å². The molecule has 0 aliphatic heterocycles. The minimum Gasteiger partial charge on any atom is -0.322 e. The molecule has 5 rings (SSSR count). The first kappa shape index (κ1) is 18.1. The van der Waals surface area contributed by atoms with Crippen LogP contribution in [0.4, 0.5) is 24.8 Å². The highest BCUT2D eigenvalue weighted by Gasteiger charge is 2.33. The van der Waals surface area contributed by atoms with E-state index in [2.05, 4.69) is 25.5 Å². The Labute approximate surface area is 168 Å². The molecule has 0 saturated carbocycles. The number of benzene rings is 2. The smallest absolute Gasteiger partial charge is 0.322 e. The van der Waals surface area contributed by atoms with Crippen molar-refractivity contribution in [1.29, 1.82) is 0 Å². The van der Waals surface area contributed by atoms with Crippen molar-refractivity contribution in [3.05, 3.63) is 78.6 Å². The second-order valence-electron chi connectivity index (χ2n) is 6.74. The lowest BCUT2D eigenvalue weighted by atomic mass is 10.0. The lowest BCUT2D eigenvalue weighted by molar-refractivity contribution is -0.137. The van der Waals surface area contributed by atoms with Gasteiger partial charge in [0, 0.05) is 34.1 Å². The molecule has 8 heteroatoms. The fourth-order valence-corrected chi connectivity index (χ4v) is 3.46. The summed E-state index contributed by atoms with van der Waals surface area (Å²) in [6.45, 7) is 0. The Bertz CT molecular complexity index is 1370. The lowest BCUT2D eigenvalue weighted by Crippen LogP contribution is -2.08. The fourth-order valence-electron chi connectivity index (χ4n) is 3.46. The largest absolute Gasteiger partial charge is 0.417 e. The zero-order chi connectivity index (χ0) is 20.7. The van der Waals surface area contributed by atoms with Crippen molar-refractivity contribution in [2.75, 3.05) is 5.32 Å². The van der Waals surface area contributed by atoms with Crippen LogP contribution in [-0.4, -0.2) is 20.2 Å². The summed E-state index contributed by atoms with van der Waals surface area (Å²) in [5.41, 5.74) is 0.304. The van der Waals surface area contributed by atoms with Crippen molar-refractivity contribution in [3.63, 3.8) is 0 Å². The van der Waals surface area contributed by atoms with Gasteiger partial charge in [0.1, 0.15) is 5.82 Å². The van der Waals surface area contributed by atoms with Crippen LogP contribution >= 0.6 is 0 Å². The Morgan fingerprint density at radius 1 is 0.867 bits per heavy atom. The summed E-state index contributed by atoms with van der Waals surface area (Å²) < 4.78 is 40.7. The number of hydrogen-bond donors (Lipinski definition) is 2. The Balaban J connectivity index is 1.70. The minimum absolute atomic E-state index is 0.00527. The molecule has 0 radical (unpaired) electrons. The zero-order valence-electron chi connectivity index (χ0n) is 15.4. The molecule has 30 heavy (non-hydrogen) atoms. The van der Waals surface area contributed by atoms with Crippen LogP contribution in [0.3, 0.4) is 0 Å². The van der Waals surface area contributed by atoms with Gasteiger partial charge in [0.15, 0.2) is 5.82 Å². The van der Waals surface area contributed by atoms with Crippen LogP contribution in [0.1, 0.15) is 5.56 Å². The predicted octanol–water partition coefficient (Wildman–Crippen LogP) is 5.94. The number of aromatic amines is 1. The average molecular weight is 405 g/mol. The highest BCUT2D eigenvalue weighted by atomic mass is 19.4. The summed E-state index contributed by atoms with van der Waals surface area (Å²) >= 11 is 0. The van der Waals surface area contributed by atoms with E-state index >= 15 is 0 Å². The van der Waals surface area contributed by atoms with Crippen LogP contribution in [0.15, 0.2) is 73.1 Å². The molecule has 0 saturated heterocycles.